The number of aromatic nitrogens is 1. The third-order valence-corrected chi connectivity index (χ3v) is 3.94. The van der Waals surface area contributed by atoms with Crippen molar-refractivity contribution in [2.75, 3.05) is 0 Å². The predicted molar refractivity (Wildman–Crippen MR) is 105 cm³/mol. The van der Waals surface area contributed by atoms with Crippen molar-refractivity contribution in [2.24, 2.45) is 0 Å². The van der Waals surface area contributed by atoms with Gasteiger partial charge in [0.05, 0.1) is 10.5 Å². The van der Waals surface area contributed by atoms with E-state index in [1.54, 1.807) is 13.0 Å². The standard InChI is InChI=1S/C19H18F2N2O2.C2H6/c1-5-11(2)8-12(3)15-9-14(10-22-13(15)4)18-16(20)6-7-17(19(18)21)23(24)25;1-2/h6-10H,2,5H2,1,3-4H3;1-2H3/b12-8+;. The first-order chi connectivity index (χ1) is 12.8. The van der Waals surface area contributed by atoms with Gasteiger partial charge in [0.1, 0.15) is 5.82 Å². The van der Waals surface area contributed by atoms with Crippen molar-refractivity contribution >= 4 is 11.3 Å². The molecule has 0 saturated heterocycles. The Morgan fingerprint density at radius 2 is 1.96 bits per heavy atom. The van der Waals surface area contributed by atoms with Crippen molar-refractivity contribution in [1.29, 1.82) is 0 Å². The van der Waals surface area contributed by atoms with E-state index in [2.05, 4.69) is 11.6 Å². The molecule has 0 aliphatic carbocycles. The first-order valence-electron chi connectivity index (χ1n) is 8.72. The topological polar surface area (TPSA) is 56.0 Å². The van der Waals surface area contributed by atoms with Gasteiger partial charge in [-0.2, -0.15) is 4.39 Å². The van der Waals surface area contributed by atoms with Gasteiger partial charge in [-0.3, -0.25) is 15.1 Å². The minimum Gasteiger partial charge on any atom is -0.260 e. The van der Waals surface area contributed by atoms with Crippen LogP contribution in [0.15, 0.2) is 42.6 Å². The van der Waals surface area contributed by atoms with Crippen LogP contribution in [0.5, 0.6) is 0 Å². The summed E-state index contributed by atoms with van der Waals surface area (Å²) in [4.78, 5) is 14.2. The second-order valence-corrected chi connectivity index (χ2v) is 5.71. The van der Waals surface area contributed by atoms with Crippen LogP contribution in [0, 0.1) is 28.7 Å². The molecule has 144 valence electrons. The third kappa shape index (κ3) is 5.06. The van der Waals surface area contributed by atoms with Crippen molar-refractivity contribution in [3.63, 3.8) is 0 Å². The predicted octanol–water partition coefficient (Wildman–Crippen LogP) is 6.64. The van der Waals surface area contributed by atoms with Gasteiger partial charge in [-0.1, -0.05) is 39.0 Å². The Bertz CT molecular complexity index is 890. The Kier molecular flexibility index (Phi) is 7.97. The van der Waals surface area contributed by atoms with Crippen molar-refractivity contribution in [2.45, 2.75) is 41.0 Å². The van der Waals surface area contributed by atoms with Gasteiger partial charge in [0, 0.05) is 23.5 Å². The normalized spacial score (nSPS) is 10.9. The van der Waals surface area contributed by atoms with Gasteiger partial charge in [0.25, 0.3) is 0 Å². The zero-order valence-electron chi connectivity index (χ0n) is 16.3. The average molecular weight is 374 g/mol. The molecule has 0 radical (unpaired) electrons. The molecule has 0 bridgehead atoms. The van der Waals surface area contributed by atoms with Gasteiger partial charge in [-0.25, -0.2) is 4.39 Å². The summed E-state index contributed by atoms with van der Waals surface area (Å²) in [6.07, 6.45) is 3.97. The largest absolute Gasteiger partial charge is 0.305 e. The van der Waals surface area contributed by atoms with Crippen LogP contribution >= 0.6 is 0 Å². The lowest BCUT2D eigenvalue weighted by Crippen LogP contribution is -1.99. The van der Waals surface area contributed by atoms with Crippen LogP contribution in [0.2, 0.25) is 0 Å². The van der Waals surface area contributed by atoms with Gasteiger partial charge < -0.3 is 0 Å². The number of hydrogen-bond donors (Lipinski definition) is 0. The summed E-state index contributed by atoms with van der Waals surface area (Å²) in [7, 11) is 0. The van der Waals surface area contributed by atoms with E-state index in [-0.39, 0.29) is 5.56 Å². The van der Waals surface area contributed by atoms with Crippen LogP contribution < -0.4 is 0 Å². The second-order valence-electron chi connectivity index (χ2n) is 5.71. The number of aryl methyl sites for hydroxylation is 1. The van der Waals surface area contributed by atoms with E-state index in [1.807, 2.05) is 33.8 Å². The maximum Gasteiger partial charge on any atom is 0.305 e. The quantitative estimate of drug-likeness (QED) is 0.335. The van der Waals surface area contributed by atoms with Crippen LogP contribution in [0.4, 0.5) is 14.5 Å². The summed E-state index contributed by atoms with van der Waals surface area (Å²) in [5.41, 5.74) is 2.08. The molecular formula is C21H24F2N2O2. The van der Waals surface area contributed by atoms with Crippen molar-refractivity contribution in [3.8, 4) is 11.1 Å². The monoisotopic (exact) mass is 374 g/mol. The SMILES string of the molecule is C=C(/C=C(\C)c1cc(-c2c(F)ccc([N+](=O)[O-])c2F)cnc1C)CC.CC. The molecule has 0 amide bonds. The number of nitro groups is 1. The molecule has 0 aliphatic heterocycles. The highest BCUT2D eigenvalue weighted by molar-refractivity contribution is 5.75. The number of nitro benzene ring substituents is 1. The van der Waals surface area contributed by atoms with E-state index in [1.165, 1.54) is 6.20 Å². The number of rotatable bonds is 5. The summed E-state index contributed by atoms with van der Waals surface area (Å²) in [6, 6.07) is 3.28. The number of pyridine rings is 1. The number of benzene rings is 1. The van der Waals surface area contributed by atoms with Gasteiger partial charge in [-0.15, -0.1) is 0 Å². The van der Waals surface area contributed by atoms with Crippen LogP contribution in [0.3, 0.4) is 0 Å². The summed E-state index contributed by atoms with van der Waals surface area (Å²) in [6.45, 7) is 13.5. The maximum absolute atomic E-state index is 14.4. The van der Waals surface area contributed by atoms with Crippen LogP contribution in [-0.2, 0) is 0 Å². The van der Waals surface area contributed by atoms with Gasteiger partial charge in [-0.05, 0) is 43.5 Å². The number of allylic oxidation sites excluding steroid dienone is 3. The molecular weight excluding hydrogens is 350 g/mol. The Balaban J connectivity index is 0.00000176. The molecule has 27 heavy (non-hydrogen) atoms. The fourth-order valence-electron chi connectivity index (χ4n) is 2.50. The molecule has 1 heterocycles. The highest BCUT2D eigenvalue weighted by atomic mass is 19.1. The zero-order chi connectivity index (χ0) is 20.7. The molecule has 0 N–H and O–H groups in total. The molecule has 2 rings (SSSR count). The molecule has 0 fully saturated rings. The fourth-order valence-corrected chi connectivity index (χ4v) is 2.50. The Labute approximate surface area is 158 Å². The zero-order valence-corrected chi connectivity index (χ0v) is 16.3. The van der Waals surface area contributed by atoms with E-state index in [4.69, 9.17) is 0 Å². The minimum absolute atomic E-state index is 0.147. The van der Waals surface area contributed by atoms with E-state index < -0.39 is 27.8 Å². The van der Waals surface area contributed by atoms with E-state index in [9.17, 15) is 18.9 Å². The Morgan fingerprint density at radius 3 is 2.52 bits per heavy atom. The summed E-state index contributed by atoms with van der Waals surface area (Å²) in [5, 5.41) is 10.9. The van der Waals surface area contributed by atoms with E-state index in [0.717, 1.165) is 29.7 Å². The molecule has 0 spiro atoms. The number of hydrogen-bond acceptors (Lipinski definition) is 3. The Hall–Kier alpha value is -2.89. The highest BCUT2D eigenvalue weighted by Crippen LogP contribution is 2.33. The first-order valence-corrected chi connectivity index (χ1v) is 8.72. The van der Waals surface area contributed by atoms with E-state index >= 15 is 0 Å². The van der Waals surface area contributed by atoms with Crippen LogP contribution in [0.1, 0.15) is 45.4 Å². The lowest BCUT2D eigenvalue weighted by molar-refractivity contribution is -0.387. The highest BCUT2D eigenvalue weighted by Gasteiger charge is 2.23. The molecule has 1 aromatic heterocycles. The molecule has 4 nitrogen and oxygen atoms in total. The fraction of sp³-hybridized carbons (Fsp3) is 0.286. The van der Waals surface area contributed by atoms with Gasteiger partial charge in [0.15, 0.2) is 0 Å². The van der Waals surface area contributed by atoms with Crippen molar-refractivity contribution in [1.82, 2.24) is 4.98 Å². The lowest BCUT2D eigenvalue weighted by atomic mass is 9.98. The van der Waals surface area contributed by atoms with Gasteiger partial charge >= 0.3 is 5.69 Å². The minimum atomic E-state index is -1.21. The summed E-state index contributed by atoms with van der Waals surface area (Å²) < 4.78 is 28.6. The molecule has 6 heteroatoms. The van der Waals surface area contributed by atoms with Crippen LogP contribution in [-0.4, -0.2) is 9.91 Å². The first kappa shape index (κ1) is 22.2. The molecule has 2 aromatic rings. The molecule has 1 aromatic carbocycles. The van der Waals surface area contributed by atoms with Crippen LogP contribution in [0.25, 0.3) is 16.7 Å². The molecule has 0 unspecified atom stereocenters. The number of nitrogens with zero attached hydrogens (tertiary/aromatic N) is 2. The molecule has 0 atom stereocenters. The second kappa shape index (κ2) is 9.71. The van der Waals surface area contributed by atoms with Gasteiger partial charge in [0.2, 0.25) is 5.82 Å². The molecule has 0 aliphatic rings. The molecule has 0 saturated carbocycles. The van der Waals surface area contributed by atoms with E-state index in [0.29, 0.717) is 11.3 Å². The van der Waals surface area contributed by atoms with Crippen molar-refractivity contribution in [3.05, 3.63) is 75.6 Å². The van der Waals surface area contributed by atoms with Crippen molar-refractivity contribution < 1.29 is 13.7 Å². The third-order valence-electron chi connectivity index (χ3n) is 3.94. The average Bonchev–Trinajstić information content (AvgIpc) is 2.64. The Morgan fingerprint density at radius 1 is 1.33 bits per heavy atom. The smallest absolute Gasteiger partial charge is 0.260 e. The lowest BCUT2D eigenvalue weighted by Gasteiger charge is -2.11. The summed E-state index contributed by atoms with van der Waals surface area (Å²) >= 11 is 0. The number of halogens is 2. The summed E-state index contributed by atoms with van der Waals surface area (Å²) in [5.74, 6) is -2.08. The maximum atomic E-state index is 14.4.